The molecule has 0 saturated carbocycles. The van der Waals surface area contributed by atoms with Gasteiger partial charge < -0.3 is 24.8 Å². The standard InChI is InChI=1S/C21H25.C12H19.C7H5F.2ClH.Zr/c1-20(2,3)16-7-9-18-14(12-16)11-15-13-17(21(4,5)6)8-10-19(15)18;1-6-10-7-9(2)8-11(10)12(3,4)5;1-6-2-4-7(8)5-3-6;;;/h7-13H,1-6H3;8-9H,6H2,1-5H3;1-5H;2*1H;/q2*-1;;;;+2/p-2. The van der Waals surface area contributed by atoms with Crippen molar-refractivity contribution in [1.82, 2.24) is 0 Å². The Morgan fingerprint density at radius 3 is 1.55 bits per heavy atom. The van der Waals surface area contributed by atoms with Gasteiger partial charge >= 0.3 is 68.0 Å². The van der Waals surface area contributed by atoms with E-state index >= 15 is 0 Å². The van der Waals surface area contributed by atoms with Crippen molar-refractivity contribution in [3.63, 3.8) is 0 Å². The number of fused-ring (bicyclic) bond motifs is 3. The van der Waals surface area contributed by atoms with Crippen LogP contribution >= 0.6 is 0 Å². The van der Waals surface area contributed by atoms with Gasteiger partial charge in [0.05, 0.1) is 0 Å². The van der Waals surface area contributed by atoms with E-state index in [2.05, 4.69) is 131 Å². The Morgan fingerprint density at radius 2 is 1.20 bits per heavy atom. The van der Waals surface area contributed by atoms with Crippen LogP contribution in [0, 0.1) is 23.2 Å². The van der Waals surface area contributed by atoms with Crippen LogP contribution in [0.5, 0.6) is 0 Å². The van der Waals surface area contributed by atoms with Crippen LogP contribution in [0.1, 0.15) is 99.3 Å². The minimum Gasteiger partial charge on any atom is -1.00 e. The van der Waals surface area contributed by atoms with E-state index in [1.165, 1.54) is 80.2 Å². The topological polar surface area (TPSA) is 0 Å². The molecule has 1 aliphatic carbocycles. The second-order valence-electron chi connectivity index (χ2n) is 14.5. The molecule has 236 valence electrons. The fraction of sp³-hybridized carbons (Fsp3) is 0.400. The molecule has 1 atom stereocenters. The molecule has 4 aromatic rings. The number of allylic oxidation sites excluding steroid dienone is 4. The van der Waals surface area contributed by atoms with Crippen LogP contribution < -0.4 is 24.8 Å². The monoisotopic (exact) mass is 708 g/mol. The first-order chi connectivity index (χ1) is 19.4. The van der Waals surface area contributed by atoms with Crippen molar-refractivity contribution in [1.29, 1.82) is 0 Å². The Bertz CT molecular complexity index is 1520. The van der Waals surface area contributed by atoms with Crippen molar-refractivity contribution in [2.24, 2.45) is 11.3 Å². The molecular formula is C40H49Cl2FZr-2. The minimum atomic E-state index is -0.170. The normalized spacial score (nSPS) is 14.7. The predicted octanol–water partition coefficient (Wildman–Crippen LogP) is 5.59. The van der Waals surface area contributed by atoms with Crippen molar-refractivity contribution < 1.29 is 53.4 Å². The van der Waals surface area contributed by atoms with Crippen molar-refractivity contribution in [2.45, 2.75) is 93.4 Å². The summed E-state index contributed by atoms with van der Waals surface area (Å²) < 4.78 is 14.2. The van der Waals surface area contributed by atoms with Crippen LogP contribution in [0.15, 0.2) is 84.0 Å². The van der Waals surface area contributed by atoms with Gasteiger partial charge in [0.1, 0.15) is 0 Å². The summed E-state index contributed by atoms with van der Waals surface area (Å²) in [7, 11) is 0. The van der Waals surface area contributed by atoms with Gasteiger partial charge in [-0.25, -0.2) is 5.57 Å². The van der Waals surface area contributed by atoms with Gasteiger partial charge in [0.15, 0.2) is 0 Å². The summed E-state index contributed by atoms with van der Waals surface area (Å²) in [6, 6.07) is 22.6. The van der Waals surface area contributed by atoms with Crippen molar-refractivity contribution in [3.05, 3.63) is 113 Å². The van der Waals surface area contributed by atoms with Crippen LogP contribution in [0.3, 0.4) is 0 Å². The number of hydrogen-bond acceptors (Lipinski definition) is 0. The third-order valence-electron chi connectivity index (χ3n) is 7.78. The van der Waals surface area contributed by atoms with Crippen molar-refractivity contribution in [3.8, 4) is 0 Å². The number of hydrogen-bond donors (Lipinski definition) is 0. The Kier molecular flexibility index (Phi) is 14.8. The second kappa shape index (κ2) is 16.2. The smallest absolute Gasteiger partial charge is 1.00 e. The minimum absolute atomic E-state index is 0. The molecule has 0 aliphatic heterocycles. The third kappa shape index (κ3) is 10.7. The average molecular weight is 711 g/mol. The summed E-state index contributed by atoms with van der Waals surface area (Å²) in [4.78, 5) is 0. The van der Waals surface area contributed by atoms with Crippen LogP contribution in [-0.4, -0.2) is 3.71 Å². The molecule has 4 heteroatoms. The third-order valence-corrected chi connectivity index (χ3v) is 8.60. The van der Waals surface area contributed by atoms with E-state index in [1.807, 2.05) is 3.71 Å². The summed E-state index contributed by atoms with van der Waals surface area (Å²) in [5.41, 5.74) is 7.52. The zero-order chi connectivity index (χ0) is 31.5. The SMILES string of the molecule is CC(C)(C)c1ccc2c(c1)[cH-]c1cc(C(C)(C)C)ccc12.CCC1=[C-]C(C)C=C1C(C)(C)C.Fc1ccc([CH]=[Zr+2])cc1.[Cl-].[Cl-]. The molecule has 0 fully saturated rings. The van der Waals surface area contributed by atoms with Gasteiger partial charge in [0, 0.05) is 0 Å². The maximum Gasteiger partial charge on any atom is -1.00 e. The molecule has 0 nitrogen and oxygen atoms in total. The molecule has 0 N–H and O–H groups in total. The molecule has 44 heavy (non-hydrogen) atoms. The van der Waals surface area contributed by atoms with E-state index in [0.717, 1.165) is 12.0 Å². The number of rotatable bonds is 2. The first-order valence-electron chi connectivity index (χ1n) is 15.2. The van der Waals surface area contributed by atoms with E-state index in [4.69, 9.17) is 0 Å². The van der Waals surface area contributed by atoms with E-state index < -0.39 is 0 Å². The molecule has 1 aliphatic rings. The maximum atomic E-state index is 12.2. The molecule has 1 unspecified atom stereocenters. The Morgan fingerprint density at radius 1 is 0.750 bits per heavy atom. The second-order valence-corrected chi connectivity index (χ2v) is 15.2. The summed E-state index contributed by atoms with van der Waals surface area (Å²) >= 11 is 1.34. The van der Waals surface area contributed by atoms with Gasteiger partial charge in [-0.3, -0.25) is 6.08 Å². The van der Waals surface area contributed by atoms with E-state index in [-0.39, 0.29) is 41.5 Å². The molecule has 0 heterocycles. The summed E-state index contributed by atoms with van der Waals surface area (Å²) in [6.07, 6.45) is 6.95. The van der Waals surface area contributed by atoms with Gasteiger partial charge in [-0.1, -0.05) is 129 Å². The first kappa shape index (κ1) is 40.3. The van der Waals surface area contributed by atoms with Gasteiger partial charge in [0.25, 0.3) is 0 Å². The van der Waals surface area contributed by atoms with Crippen molar-refractivity contribution in [2.75, 3.05) is 0 Å². The first-order valence-corrected chi connectivity index (χ1v) is 16.6. The maximum absolute atomic E-state index is 12.2. The van der Waals surface area contributed by atoms with Crippen LogP contribution in [0.25, 0.3) is 21.5 Å². The van der Waals surface area contributed by atoms with Crippen LogP contribution in [0.4, 0.5) is 4.39 Å². The van der Waals surface area contributed by atoms with Crippen molar-refractivity contribution >= 4 is 25.3 Å². The zero-order valence-electron chi connectivity index (χ0n) is 28.4. The fourth-order valence-electron chi connectivity index (χ4n) is 5.25. The quantitative estimate of drug-likeness (QED) is 0.239. The molecule has 0 aromatic heterocycles. The van der Waals surface area contributed by atoms with Crippen LogP contribution in [-0.2, 0) is 35.1 Å². The predicted molar refractivity (Wildman–Crippen MR) is 180 cm³/mol. The van der Waals surface area contributed by atoms with Gasteiger partial charge in [0.2, 0.25) is 0 Å². The molecule has 0 radical (unpaired) electrons. The molecule has 0 spiro atoms. The van der Waals surface area contributed by atoms with Gasteiger partial charge in [-0.2, -0.15) is 11.6 Å². The molecule has 4 aromatic carbocycles. The average Bonchev–Trinajstić information content (AvgIpc) is 3.48. The van der Waals surface area contributed by atoms with E-state index in [9.17, 15) is 4.39 Å². The van der Waals surface area contributed by atoms with Gasteiger partial charge in [-0.15, -0.1) is 39.7 Å². The van der Waals surface area contributed by atoms with Crippen LogP contribution in [0.2, 0.25) is 0 Å². The van der Waals surface area contributed by atoms with E-state index in [1.54, 1.807) is 12.1 Å². The molecular weight excluding hydrogens is 662 g/mol. The Balaban J connectivity index is 0.000000359. The summed E-state index contributed by atoms with van der Waals surface area (Å²) in [5.74, 6) is 0.352. The Hall–Kier alpha value is -1.73. The van der Waals surface area contributed by atoms with E-state index in [0.29, 0.717) is 11.3 Å². The molecule has 5 rings (SSSR count). The molecule has 0 bridgehead atoms. The molecule has 0 amide bonds. The summed E-state index contributed by atoms with van der Waals surface area (Å²) in [6.45, 7) is 24.9. The summed E-state index contributed by atoms with van der Waals surface area (Å²) in [5, 5.41) is 5.48. The zero-order valence-corrected chi connectivity index (χ0v) is 32.4. The number of halogens is 3. The number of benzene rings is 3. The largest absolute Gasteiger partial charge is 1.00 e. The fourth-order valence-corrected chi connectivity index (χ4v) is 5.73. The molecule has 0 saturated heterocycles. The van der Waals surface area contributed by atoms with Gasteiger partial charge in [-0.05, 0) is 10.8 Å². The Labute approximate surface area is 294 Å².